The van der Waals surface area contributed by atoms with Crippen LogP contribution in [0.2, 0.25) is 5.02 Å². The van der Waals surface area contributed by atoms with Gasteiger partial charge in [-0.25, -0.2) is 0 Å². The first kappa shape index (κ1) is 15.8. The number of anilines is 1. The smallest absolute Gasteiger partial charge is 0.238 e. The highest BCUT2D eigenvalue weighted by atomic mass is 35.5. The Bertz CT molecular complexity index is 544. The summed E-state index contributed by atoms with van der Waals surface area (Å²) >= 11 is 6.02. The molecule has 120 valence electrons. The van der Waals surface area contributed by atoms with E-state index in [0.29, 0.717) is 17.6 Å². The van der Waals surface area contributed by atoms with Gasteiger partial charge in [0.05, 0.1) is 6.54 Å². The molecule has 1 aliphatic carbocycles. The maximum Gasteiger partial charge on any atom is 0.238 e. The van der Waals surface area contributed by atoms with Crippen LogP contribution in [0.1, 0.15) is 44.1 Å². The summed E-state index contributed by atoms with van der Waals surface area (Å²) < 4.78 is 0. The minimum atomic E-state index is 0.0802. The van der Waals surface area contributed by atoms with Gasteiger partial charge in [0.15, 0.2) is 0 Å². The van der Waals surface area contributed by atoms with Crippen LogP contribution in [0, 0.1) is 12.8 Å². The van der Waals surface area contributed by atoms with Crippen LogP contribution in [0.25, 0.3) is 0 Å². The van der Waals surface area contributed by atoms with Crippen LogP contribution < -0.4 is 5.32 Å². The summed E-state index contributed by atoms with van der Waals surface area (Å²) in [5, 5.41) is 3.69. The van der Waals surface area contributed by atoms with Gasteiger partial charge >= 0.3 is 0 Å². The summed E-state index contributed by atoms with van der Waals surface area (Å²) in [5.74, 6) is 0.889. The Morgan fingerprint density at radius 2 is 2.05 bits per heavy atom. The normalized spacial score (nSPS) is 25.5. The van der Waals surface area contributed by atoms with Gasteiger partial charge in [0.2, 0.25) is 5.91 Å². The number of amides is 1. The minimum absolute atomic E-state index is 0.0802. The van der Waals surface area contributed by atoms with Crippen molar-refractivity contribution < 1.29 is 4.79 Å². The lowest BCUT2D eigenvalue weighted by Gasteiger charge is -2.43. The zero-order chi connectivity index (χ0) is 15.5. The maximum absolute atomic E-state index is 12.4. The predicted molar refractivity (Wildman–Crippen MR) is 91.4 cm³/mol. The number of carbonyl (C=O) groups is 1. The van der Waals surface area contributed by atoms with E-state index in [-0.39, 0.29) is 5.91 Å². The van der Waals surface area contributed by atoms with Gasteiger partial charge in [-0.1, -0.05) is 30.5 Å². The molecule has 3 nitrogen and oxygen atoms in total. The van der Waals surface area contributed by atoms with E-state index in [4.69, 9.17) is 11.6 Å². The van der Waals surface area contributed by atoms with Crippen molar-refractivity contribution in [2.75, 3.05) is 18.4 Å². The predicted octanol–water partition coefficient (Wildman–Crippen LogP) is 4.24. The number of aryl methyl sites for hydroxylation is 1. The molecule has 0 aromatic heterocycles. The number of halogens is 1. The molecule has 2 atom stereocenters. The summed E-state index contributed by atoms with van der Waals surface area (Å²) in [7, 11) is 0. The third kappa shape index (κ3) is 3.64. The number of fused-ring (bicyclic) bond motifs is 1. The van der Waals surface area contributed by atoms with Crippen molar-refractivity contribution in [3.8, 4) is 0 Å². The van der Waals surface area contributed by atoms with Crippen molar-refractivity contribution >= 4 is 23.2 Å². The summed E-state index contributed by atoms with van der Waals surface area (Å²) in [5.41, 5.74) is 1.88. The molecule has 2 aliphatic rings. The number of hydrogen-bond acceptors (Lipinski definition) is 2. The molecule has 0 spiro atoms. The van der Waals surface area contributed by atoms with Crippen molar-refractivity contribution in [1.29, 1.82) is 0 Å². The number of likely N-dealkylation sites (tertiary alicyclic amines) is 1. The molecule has 1 aromatic rings. The molecule has 1 aliphatic heterocycles. The molecule has 1 saturated carbocycles. The highest BCUT2D eigenvalue weighted by molar-refractivity contribution is 6.31. The summed E-state index contributed by atoms with van der Waals surface area (Å²) in [6.07, 6.45) is 7.85. The van der Waals surface area contributed by atoms with E-state index < -0.39 is 0 Å². The lowest BCUT2D eigenvalue weighted by molar-refractivity contribution is -0.118. The number of rotatable bonds is 3. The van der Waals surface area contributed by atoms with Crippen molar-refractivity contribution in [3.63, 3.8) is 0 Å². The van der Waals surface area contributed by atoms with Gasteiger partial charge in [-0.05, 0) is 62.8 Å². The lowest BCUT2D eigenvalue weighted by Crippen LogP contribution is -2.49. The Hall–Kier alpha value is -1.06. The molecule has 1 amide bonds. The van der Waals surface area contributed by atoms with Crippen LogP contribution in [0.5, 0.6) is 0 Å². The largest absolute Gasteiger partial charge is 0.325 e. The van der Waals surface area contributed by atoms with E-state index >= 15 is 0 Å². The fourth-order valence-electron chi connectivity index (χ4n) is 4.03. The summed E-state index contributed by atoms with van der Waals surface area (Å²) in [6, 6.07) is 6.24. The first-order valence-corrected chi connectivity index (χ1v) is 8.81. The molecular weight excluding hydrogens is 296 g/mol. The van der Waals surface area contributed by atoms with Crippen LogP contribution >= 0.6 is 11.6 Å². The van der Waals surface area contributed by atoms with E-state index in [2.05, 4.69) is 10.2 Å². The van der Waals surface area contributed by atoms with Gasteiger partial charge in [0, 0.05) is 16.8 Å². The van der Waals surface area contributed by atoms with Crippen LogP contribution in [0.3, 0.4) is 0 Å². The molecule has 0 radical (unpaired) electrons. The summed E-state index contributed by atoms with van der Waals surface area (Å²) in [6.45, 7) is 3.56. The topological polar surface area (TPSA) is 32.3 Å². The second-order valence-electron chi connectivity index (χ2n) is 6.73. The Balaban J connectivity index is 1.62. The molecule has 3 rings (SSSR count). The highest BCUT2D eigenvalue weighted by Gasteiger charge is 2.33. The fourth-order valence-corrected chi connectivity index (χ4v) is 4.20. The van der Waals surface area contributed by atoms with Crippen molar-refractivity contribution in [3.05, 3.63) is 28.8 Å². The van der Waals surface area contributed by atoms with Crippen molar-refractivity contribution in [1.82, 2.24) is 4.90 Å². The van der Waals surface area contributed by atoms with Crippen molar-refractivity contribution in [2.45, 2.75) is 51.5 Å². The number of piperidine rings is 1. The average molecular weight is 321 g/mol. The first-order valence-electron chi connectivity index (χ1n) is 8.43. The molecule has 1 saturated heterocycles. The summed E-state index contributed by atoms with van der Waals surface area (Å²) in [4.78, 5) is 14.8. The zero-order valence-electron chi connectivity index (χ0n) is 13.3. The SMILES string of the molecule is Cc1ccc(Cl)cc1NC(=O)CN1CCC[C@H]2CCCC[C@@H]21. The quantitative estimate of drug-likeness (QED) is 0.903. The molecule has 0 unspecified atom stereocenters. The van der Waals surface area contributed by atoms with E-state index in [0.717, 1.165) is 23.7 Å². The molecule has 0 bridgehead atoms. The molecule has 1 aromatic carbocycles. The third-order valence-electron chi connectivity index (χ3n) is 5.18. The number of hydrogen-bond donors (Lipinski definition) is 1. The third-order valence-corrected chi connectivity index (χ3v) is 5.41. The second-order valence-corrected chi connectivity index (χ2v) is 7.17. The van der Waals surface area contributed by atoms with Gasteiger partial charge in [-0.3, -0.25) is 9.69 Å². The van der Waals surface area contributed by atoms with Crippen LogP contribution in [0.15, 0.2) is 18.2 Å². The van der Waals surface area contributed by atoms with Crippen LogP contribution in [-0.4, -0.2) is 29.9 Å². The van der Waals surface area contributed by atoms with Gasteiger partial charge in [0.1, 0.15) is 0 Å². The number of benzene rings is 1. The van der Waals surface area contributed by atoms with E-state index in [1.54, 1.807) is 0 Å². The average Bonchev–Trinajstić information content (AvgIpc) is 2.51. The Kier molecular flexibility index (Phi) is 5.04. The lowest BCUT2D eigenvalue weighted by atomic mass is 9.78. The van der Waals surface area contributed by atoms with Crippen molar-refractivity contribution in [2.24, 2.45) is 5.92 Å². The van der Waals surface area contributed by atoms with Gasteiger partial charge < -0.3 is 5.32 Å². The zero-order valence-corrected chi connectivity index (χ0v) is 14.0. The number of nitrogens with zero attached hydrogens (tertiary/aromatic N) is 1. The van der Waals surface area contributed by atoms with Gasteiger partial charge in [-0.2, -0.15) is 0 Å². The standard InChI is InChI=1S/C18H25ClN2O/c1-13-8-9-15(19)11-16(13)20-18(22)12-21-10-4-6-14-5-2-3-7-17(14)21/h8-9,11,14,17H,2-7,10,12H2,1H3,(H,20,22)/t14-,17+/m1/s1. The Morgan fingerprint density at radius 1 is 1.27 bits per heavy atom. The molecule has 1 N–H and O–H groups in total. The van der Waals surface area contributed by atoms with Gasteiger partial charge in [0.25, 0.3) is 0 Å². The molecule has 2 fully saturated rings. The Labute approximate surface area is 138 Å². The van der Waals surface area contributed by atoms with E-state index in [1.165, 1.54) is 38.5 Å². The monoisotopic (exact) mass is 320 g/mol. The van der Waals surface area contributed by atoms with Gasteiger partial charge in [-0.15, -0.1) is 0 Å². The maximum atomic E-state index is 12.4. The van der Waals surface area contributed by atoms with Crippen LogP contribution in [-0.2, 0) is 4.79 Å². The number of carbonyl (C=O) groups excluding carboxylic acids is 1. The molecule has 22 heavy (non-hydrogen) atoms. The molecular formula is C18H25ClN2O. The molecule has 1 heterocycles. The first-order chi connectivity index (χ1) is 10.6. The van der Waals surface area contributed by atoms with Crippen LogP contribution in [0.4, 0.5) is 5.69 Å². The fraction of sp³-hybridized carbons (Fsp3) is 0.611. The number of nitrogens with one attached hydrogen (secondary N) is 1. The van der Waals surface area contributed by atoms with E-state index in [9.17, 15) is 4.79 Å². The minimum Gasteiger partial charge on any atom is -0.325 e. The molecule has 4 heteroatoms. The second kappa shape index (κ2) is 7.01. The highest BCUT2D eigenvalue weighted by Crippen LogP contribution is 2.35. The van der Waals surface area contributed by atoms with E-state index in [1.807, 2.05) is 25.1 Å². The Morgan fingerprint density at radius 3 is 2.91 bits per heavy atom.